The highest BCUT2D eigenvalue weighted by Crippen LogP contribution is 2.23. The summed E-state index contributed by atoms with van der Waals surface area (Å²) in [7, 11) is 1.61. The molecule has 0 aliphatic heterocycles. The van der Waals surface area contributed by atoms with Gasteiger partial charge in [0.2, 0.25) is 5.91 Å². The first-order chi connectivity index (χ1) is 17.8. The summed E-state index contributed by atoms with van der Waals surface area (Å²) < 4.78 is 12.2. The molecule has 0 bridgehead atoms. The summed E-state index contributed by atoms with van der Waals surface area (Å²) in [5.74, 6) is 0.826. The maximum Gasteiger partial charge on any atom is 0.261 e. The van der Waals surface area contributed by atoms with Crippen molar-refractivity contribution >= 4 is 27.7 Å². The van der Waals surface area contributed by atoms with Crippen molar-refractivity contribution in [3.05, 3.63) is 94.0 Å². The molecule has 0 radical (unpaired) electrons. The highest BCUT2D eigenvalue weighted by molar-refractivity contribution is 9.10. The molecule has 1 N–H and O–H groups in total. The van der Waals surface area contributed by atoms with E-state index in [4.69, 9.17) is 9.47 Å². The van der Waals surface area contributed by atoms with E-state index in [1.165, 1.54) is 0 Å². The monoisotopic (exact) mass is 566 g/mol. The number of rotatable bonds is 12. The Hall–Kier alpha value is -3.32. The number of ether oxygens (including phenoxy) is 2. The van der Waals surface area contributed by atoms with Crippen LogP contribution in [-0.2, 0) is 22.6 Å². The van der Waals surface area contributed by atoms with E-state index in [-0.39, 0.29) is 31.0 Å². The van der Waals surface area contributed by atoms with Crippen molar-refractivity contribution in [1.29, 1.82) is 0 Å². The zero-order chi connectivity index (χ0) is 26.8. The predicted octanol–water partition coefficient (Wildman–Crippen LogP) is 5.70. The number of carbonyl (C=O) groups excluding carboxylic acids is 2. The number of hydrogen-bond acceptors (Lipinski definition) is 4. The summed E-state index contributed by atoms with van der Waals surface area (Å²) in [6.07, 6.45) is 1.18. The molecule has 3 aromatic carbocycles. The van der Waals surface area contributed by atoms with Gasteiger partial charge in [0.25, 0.3) is 5.91 Å². The summed E-state index contributed by atoms with van der Waals surface area (Å²) in [5, 5.41) is 3.08. The van der Waals surface area contributed by atoms with E-state index in [0.29, 0.717) is 17.9 Å². The third-order valence-corrected chi connectivity index (χ3v) is 7.14. The molecular formula is C30H35BrN2O4. The first-order valence-electron chi connectivity index (χ1n) is 12.5. The molecule has 6 nitrogen and oxygen atoms in total. The first-order valence-corrected chi connectivity index (χ1v) is 13.3. The lowest BCUT2D eigenvalue weighted by atomic mass is 10.0. The van der Waals surface area contributed by atoms with E-state index < -0.39 is 6.04 Å². The van der Waals surface area contributed by atoms with Crippen LogP contribution in [0.2, 0.25) is 0 Å². The van der Waals surface area contributed by atoms with Crippen LogP contribution in [0.5, 0.6) is 11.5 Å². The van der Waals surface area contributed by atoms with Crippen molar-refractivity contribution in [3.8, 4) is 11.5 Å². The molecule has 2 atom stereocenters. The fourth-order valence-electron chi connectivity index (χ4n) is 3.90. The van der Waals surface area contributed by atoms with Gasteiger partial charge in [0.05, 0.1) is 7.11 Å². The molecule has 196 valence electrons. The molecule has 37 heavy (non-hydrogen) atoms. The van der Waals surface area contributed by atoms with Crippen LogP contribution in [0.15, 0.2) is 77.3 Å². The molecule has 0 heterocycles. The Bertz CT molecular complexity index is 1190. The number of hydrogen-bond donors (Lipinski definition) is 1. The molecule has 0 spiro atoms. The summed E-state index contributed by atoms with van der Waals surface area (Å²) >= 11 is 3.49. The predicted molar refractivity (Wildman–Crippen MR) is 150 cm³/mol. The lowest BCUT2D eigenvalue weighted by molar-refractivity contribution is -0.143. The number of nitrogens with one attached hydrogen (secondary N) is 1. The summed E-state index contributed by atoms with van der Waals surface area (Å²) in [6.45, 7) is 6.00. The van der Waals surface area contributed by atoms with Crippen molar-refractivity contribution in [2.45, 2.75) is 52.2 Å². The molecule has 3 aromatic rings. The highest BCUT2D eigenvalue weighted by Gasteiger charge is 2.31. The largest absolute Gasteiger partial charge is 0.497 e. The van der Waals surface area contributed by atoms with Gasteiger partial charge in [-0.05, 0) is 67.3 Å². The van der Waals surface area contributed by atoms with Crippen molar-refractivity contribution < 1.29 is 19.1 Å². The van der Waals surface area contributed by atoms with Crippen LogP contribution in [0.4, 0.5) is 0 Å². The topological polar surface area (TPSA) is 67.9 Å². The Morgan fingerprint density at radius 2 is 1.70 bits per heavy atom. The molecule has 0 fully saturated rings. The van der Waals surface area contributed by atoms with Gasteiger partial charge in [-0.1, -0.05) is 65.3 Å². The molecule has 0 aromatic heterocycles. The van der Waals surface area contributed by atoms with Crippen LogP contribution in [0.3, 0.4) is 0 Å². The van der Waals surface area contributed by atoms with Crippen LogP contribution < -0.4 is 14.8 Å². The van der Waals surface area contributed by atoms with Gasteiger partial charge in [-0.15, -0.1) is 0 Å². The highest BCUT2D eigenvalue weighted by atomic mass is 79.9. The molecule has 3 rings (SSSR count). The van der Waals surface area contributed by atoms with Gasteiger partial charge in [-0.2, -0.15) is 0 Å². The quantitative estimate of drug-likeness (QED) is 0.305. The van der Waals surface area contributed by atoms with Crippen molar-refractivity contribution in [1.82, 2.24) is 10.2 Å². The van der Waals surface area contributed by atoms with Crippen LogP contribution >= 0.6 is 15.9 Å². The molecule has 0 aliphatic rings. The van der Waals surface area contributed by atoms with Gasteiger partial charge < -0.3 is 19.7 Å². The Morgan fingerprint density at radius 3 is 2.38 bits per heavy atom. The third kappa shape index (κ3) is 8.35. The van der Waals surface area contributed by atoms with Gasteiger partial charge in [0.15, 0.2) is 6.61 Å². The average molecular weight is 568 g/mol. The molecule has 0 aliphatic carbocycles. The normalized spacial score (nSPS) is 12.4. The molecule has 2 unspecified atom stereocenters. The standard InChI is InChI=1S/C30H35BrN2O4/c1-5-22(3)32-30(35)28(18-23-10-7-6-8-11-23)33(19-24-12-9-13-25(17-24)36-4)29(34)20-37-26-14-15-27(31)21(2)16-26/h6-17,22,28H,5,18-20H2,1-4H3,(H,32,35). The second kappa shape index (κ2) is 13.8. The second-order valence-electron chi connectivity index (χ2n) is 9.10. The van der Waals surface area contributed by atoms with Gasteiger partial charge in [0, 0.05) is 23.5 Å². The molecule has 0 saturated heterocycles. The zero-order valence-electron chi connectivity index (χ0n) is 21.9. The maximum atomic E-state index is 13.7. The van der Waals surface area contributed by atoms with Gasteiger partial charge in [-0.25, -0.2) is 0 Å². The number of benzene rings is 3. The summed E-state index contributed by atoms with van der Waals surface area (Å²) in [4.78, 5) is 28.9. The van der Waals surface area contributed by atoms with Gasteiger partial charge in [0.1, 0.15) is 17.5 Å². The minimum atomic E-state index is -0.717. The minimum Gasteiger partial charge on any atom is -0.497 e. The van der Waals surface area contributed by atoms with E-state index in [0.717, 1.165) is 27.6 Å². The van der Waals surface area contributed by atoms with Crippen molar-refractivity contribution in [2.24, 2.45) is 0 Å². The number of carbonyl (C=O) groups is 2. The molecule has 2 amide bonds. The Morgan fingerprint density at radius 1 is 0.973 bits per heavy atom. The van der Waals surface area contributed by atoms with E-state index in [1.54, 1.807) is 12.0 Å². The number of aryl methyl sites for hydroxylation is 1. The fraction of sp³-hybridized carbons (Fsp3) is 0.333. The smallest absolute Gasteiger partial charge is 0.261 e. The Balaban J connectivity index is 1.93. The minimum absolute atomic E-state index is 0.0125. The van der Waals surface area contributed by atoms with Crippen LogP contribution in [0.25, 0.3) is 0 Å². The average Bonchev–Trinajstić information content (AvgIpc) is 2.91. The second-order valence-corrected chi connectivity index (χ2v) is 9.95. The first kappa shape index (κ1) is 28.3. The van der Waals surface area contributed by atoms with Crippen molar-refractivity contribution in [3.63, 3.8) is 0 Å². The molecular weight excluding hydrogens is 532 g/mol. The number of amides is 2. The number of methoxy groups -OCH3 is 1. The Kier molecular flexibility index (Phi) is 10.6. The van der Waals surface area contributed by atoms with Crippen molar-refractivity contribution in [2.75, 3.05) is 13.7 Å². The van der Waals surface area contributed by atoms with Crippen LogP contribution in [0, 0.1) is 6.92 Å². The number of halogens is 1. The Labute approximate surface area is 228 Å². The van der Waals surface area contributed by atoms with E-state index in [1.807, 2.05) is 93.6 Å². The van der Waals surface area contributed by atoms with Gasteiger partial charge in [-0.3, -0.25) is 9.59 Å². The lowest BCUT2D eigenvalue weighted by Gasteiger charge is -2.32. The summed E-state index contributed by atoms with van der Waals surface area (Å²) in [6, 6.07) is 22.1. The molecule has 0 saturated carbocycles. The van der Waals surface area contributed by atoms with Crippen LogP contribution in [-0.4, -0.2) is 42.5 Å². The SMILES string of the molecule is CCC(C)NC(=O)C(Cc1ccccc1)N(Cc1cccc(OC)c1)C(=O)COc1ccc(Br)c(C)c1. The molecule has 7 heteroatoms. The van der Waals surface area contributed by atoms with Crippen LogP contribution in [0.1, 0.15) is 37.0 Å². The maximum absolute atomic E-state index is 13.7. The number of nitrogens with zero attached hydrogens (tertiary/aromatic N) is 1. The zero-order valence-corrected chi connectivity index (χ0v) is 23.5. The van der Waals surface area contributed by atoms with E-state index in [9.17, 15) is 9.59 Å². The van der Waals surface area contributed by atoms with E-state index in [2.05, 4.69) is 21.2 Å². The fourth-order valence-corrected chi connectivity index (χ4v) is 4.14. The summed E-state index contributed by atoms with van der Waals surface area (Å²) in [5.41, 5.74) is 2.84. The van der Waals surface area contributed by atoms with E-state index >= 15 is 0 Å². The lowest BCUT2D eigenvalue weighted by Crippen LogP contribution is -2.53. The third-order valence-electron chi connectivity index (χ3n) is 6.25. The van der Waals surface area contributed by atoms with Gasteiger partial charge >= 0.3 is 0 Å².